The molecule has 1 atom stereocenters. The fourth-order valence-electron chi connectivity index (χ4n) is 3.25. The predicted octanol–water partition coefficient (Wildman–Crippen LogP) is 4.61. The van der Waals surface area contributed by atoms with E-state index in [4.69, 9.17) is 9.47 Å². The Bertz CT molecular complexity index is 771. The largest absolute Gasteiger partial charge is 0.452 e. The molecule has 0 amide bonds. The van der Waals surface area contributed by atoms with Gasteiger partial charge in [-0.25, -0.2) is 0 Å². The van der Waals surface area contributed by atoms with Gasteiger partial charge in [-0.1, -0.05) is 42.5 Å². The number of carbonyl (C=O) groups excluding carboxylic acids is 1. The Morgan fingerprint density at radius 1 is 1.04 bits per heavy atom. The van der Waals surface area contributed by atoms with Gasteiger partial charge in [0, 0.05) is 18.2 Å². The predicted molar refractivity (Wildman–Crippen MR) is 98.4 cm³/mol. The molecule has 1 aliphatic carbocycles. The van der Waals surface area contributed by atoms with Gasteiger partial charge in [-0.2, -0.15) is 0 Å². The number of hydrogen-bond donors (Lipinski definition) is 0. The van der Waals surface area contributed by atoms with Crippen molar-refractivity contribution in [3.8, 4) is 0 Å². The van der Waals surface area contributed by atoms with Crippen molar-refractivity contribution in [2.24, 2.45) is 5.41 Å². The Kier molecular flexibility index (Phi) is 4.96. The first kappa shape index (κ1) is 17.7. The van der Waals surface area contributed by atoms with E-state index in [1.807, 2.05) is 32.9 Å². The molecule has 0 N–H and O–H groups in total. The van der Waals surface area contributed by atoms with Gasteiger partial charge in [0.15, 0.2) is 6.10 Å². The molecule has 0 aliphatic heterocycles. The quantitative estimate of drug-likeness (QED) is 0.767. The second-order valence-electron chi connectivity index (χ2n) is 7.70. The van der Waals surface area contributed by atoms with Gasteiger partial charge >= 0.3 is 5.97 Å². The normalized spacial score (nSPS) is 16.6. The highest BCUT2D eigenvalue weighted by Crippen LogP contribution is 2.37. The third kappa shape index (κ3) is 3.77. The molecule has 2 aromatic carbocycles. The summed E-state index contributed by atoms with van der Waals surface area (Å²) >= 11 is 0. The minimum absolute atomic E-state index is 0.180. The van der Waals surface area contributed by atoms with E-state index in [0.717, 1.165) is 29.5 Å². The van der Waals surface area contributed by atoms with E-state index in [1.54, 1.807) is 7.11 Å². The van der Waals surface area contributed by atoms with Crippen molar-refractivity contribution in [1.82, 2.24) is 0 Å². The highest BCUT2D eigenvalue weighted by Gasteiger charge is 2.31. The molecule has 0 aromatic heterocycles. The number of fused-ring (bicyclic) bond motifs is 2. The fourth-order valence-corrected chi connectivity index (χ4v) is 3.25. The SMILES string of the molecule is COCc1ccc2c(c1)CCc1ccccc1C2OC(=O)C(C)(C)C. The molecule has 0 bridgehead atoms. The Hall–Kier alpha value is -2.13. The van der Waals surface area contributed by atoms with Crippen molar-refractivity contribution in [3.63, 3.8) is 0 Å². The molecule has 0 fully saturated rings. The summed E-state index contributed by atoms with van der Waals surface area (Å²) in [5, 5.41) is 0. The molecule has 0 radical (unpaired) electrons. The minimum Gasteiger partial charge on any atom is -0.452 e. The van der Waals surface area contributed by atoms with Crippen molar-refractivity contribution in [1.29, 1.82) is 0 Å². The van der Waals surface area contributed by atoms with Gasteiger partial charge in [0.1, 0.15) is 0 Å². The van der Waals surface area contributed by atoms with Crippen LogP contribution in [0.2, 0.25) is 0 Å². The lowest BCUT2D eigenvalue weighted by molar-refractivity contribution is -0.157. The minimum atomic E-state index is -0.530. The highest BCUT2D eigenvalue weighted by molar-refractivity contribution is 5.76. The molecule has 3 rings (SSSR count). The van der Waals surface area contributed by atoms with Crippen LogP contribution < -0.4 is 0 Å². The van der Waals surface area contributed by atoms with Gasteiger partial charge in [-0.15, -0.1) is 0 Å². The first-order valence-electron chi connectivity index (χ1n) is 8.79. The number of carbonyl (C=O) groups is 1. The van der Waals surface area contributed by atoms with Crippen LogP contribution in [0.3, 0.4) is 0 Å². The molecule has 3 heteroatoms. The second kappa shape index (κ2) is 7.01. The number of methoxy groups -OCH3 is 1. The van der Waals surface area contributed by atoms with Crippen molar-refractivity contribution in [2.45, 2.75) is 46.3 Å². The zero-order valence-corrected chi connectivity index (χ0v) is 15.5. The van der Waals surface area contributed by atoms with Crippen LogP contribution in [0, 0.1) is 5.41 Å². The maximum atomic E-state index is 12.6. The van der Waals surface area contributed by atoms with Crippen LogP contribution in [-0.4, -0.2) is 13.1 Å². The maximum absolute atomic E-state index is 12.6. The average molecular weight is 338 g/mol. The smallest absolute Gasteiger partial charge is 0.312 e. The summed E-state index contributed by atoms with van der Waals surface area (Å²) in [6.07, 6.45) is 1.54. The average Bonchev–Trinajstić information content (AvgIpc) is 2.72. The Balaban J connectivity index is 2.06. The van der Waals surface area contributed by atoms with E-state index in [0.29, 0.717) is 6.61 Å². The maximum Gasteiger partial charge on any atom is 0.312 e. The Morgan fingerprint density at radius 2 is 1.72 bits per heavy atom. The fraction of sp³-hybridized carbons (Fsp3) is 0.409. The van der Waals surface area contributed by atoms with E-state index >= 15 is 0 Å². The van der Waals surface area contributed by atoms with Crippen molar-refractivity contribution < 1.29 is 14.3 Å². The van der Waals surface area contributed by atoms with E-state index in [-0.39, 0.29) is 12.1 Å². The van der Waals surface area contributed by atoms with Crippen LogP contribution in [0.25, 0.3) is 0 Å². The summed E-state index contributed by atoms with van der Waals surface area (Å²) in [5.74, 6) is -0.180. The summed E-state index contributed by atoms with van der Waals surface area (Å²) < 4.78 is 11.3. The van der Waals surface area contributed by atoms with Gasteiger partial charge in [0.05, 0.1) is 12.0 Å². The van der Waals surface area contributed by atoms with Crippen LogP contribution in [0.15, 0.2) is 42.5 Å². The number of benzene rings is 2. The molecule has 0 saturated carbocycles. The molecular formula is C22H26O3. The van der Waals surface area contributed by atoms with E-state index in [9.17, 15) is 4.79 Å². The molecule has 0 saturated heterocycles. The number of esters is 1. The van der Waals surface area contributed by atoms with Crippen LogP contribution in [-0.2, 0) is 33.7 Å². The lowest BCUT2D eigenvalue weighted by Gasteiger charge is -2.25. The third-order valence-electron chi connectivity index (χ3n) is 4.64. The first-order valence-corrected chi connectivity index (χ1v) is 8.79. The number of rotatable bonds is 3. The lowest BCUT2D eigenvalue weighted by Crippen LogP contribution is -2.25. The molecule has 1 aliphatic rings. The van der Waals surface area contributed by atoms with Crippen molar-refractivity contribution in [2.75, 3.05) is 7.11 Å². The van der Waals surface area contributed by atoms with E-state index in [1.165, 1.54) is 11.1 Å². The van der Waals surface area contributed by atoms with Gasteiger partial charge in [-0.05, 0) is 50.3 Å². The first-order chi connectivity index (χ1) is 11.9. The lowest BCUT2D eigenvalue weighted by atomic mass is 9.94. The van der Waals surface area contributed by atoms with Crippen LogP contribution in [0.1, 0.15) is 54.7 Å². The third-order valence-corrected chi connectivity index (χ3v) is 4.64. The van der Waals surface area contributed by atoms with E-state index in [2.05, 4.69) is 30.3 Å². The van der Waals surface area contributed by atoms with Crippen LogP contribution in [0.4, 0.5) is 0 Å². The standard InChI is InChI=1S/C22H26O3/c1-22(2,3)21(23)25-20-18-8-6-5-7-16(18)10-11-17-13-15(14-24-4)9-12-19(17)20/h5-9,12-13,20H,10-11,14H2,1-4H3. The van der Waals surface area contributed by atoms with E-state index < -0.39 is 5.41 Å². The summed E-state index contributed by atoms with van der Waals surface area (Å²) in [7, 11) is 1.70. The summed E-state index contributed by atoms with van der Waals surface area (Å²) in [4.78, 5) is 12.6. The molecule has 132 valence electrons. The second-order valence-corrected chi connectivity index (χ2v) is 7.70. The van der Waals surface area contributed by atoms with Gasteiger partial charge in [0.2, 0.25) is 0 Å². The molecule has 1 unspecified atom stereocenters. The van der Waals surface area contributed by atoms with Crippen molar-refractivity contribution in [3.05, 3.63) is 70.3 Å². The van der Waals surface area contributed by atoms with Crippen LogP contribution in [0.5, 0.6) is 0 Å². The summed E-state index contributed by atoms with van der Waals surface area (Å²) in [6, 6.07) is 14.6. The van der Waals surface area contributed by atoms with Crippen LogP contribution >= 0.6 is 0 Å². The molecular weight excluding hydrogens is 312 g/mol. The monoisotopic (exact) mass is 338 g/mol. The number of ether oxygens (including phenoxy) is 2. The summed E-state index contributed by atoms with van der Waals surface area (Å²) in [5.41, 5.74) is 5.28. The molecule has 3 nitrogen and oxygen atoms in total. The van der Waals surface area contributed by atoms with Gasteiger partial charge < -0.3 is 9.47 Å². The molecule has 0 heterocycles. The number of aryl methyl sites for hydroxylation is 2. The molecule has 25 heavy (non-hydrogen) atoms. The topological polar surface area (TPSA) is 35.5 Å². The zero-order chi connectivity index (χ0) is 18.0. The van der Waals surface area contributed by atoms with Gasteiger partial charge in [-0.3, -0.25) is 4.79 Å². The molecule has 2 aromatic rings. The van der Waals surface area contributed by atoms with Gasteiger partial charge in [0.25, 0.3) is 0 Å². The summed E-state index contributed by atoms with van der Waals surface area (Å²) in [6.45, 7) is 6.26. The van der Waals surface area contributed by atoms with Crippen molar-refractivity contribution >= 4 is 5.97 Å². The zero-order valence-electron chi connectivity index (χ0n) is 15.5. The Morgan fingerprint density at radius 3 is 2.44 bits per heavy atom. The molecule has 0 spiro atoms. The number of hydrogen-bond acceptors (Lipinski definition) is 3. The Labute approximate surface area is 150 Å². The highest BCUT2D eigenvalue weighted by atomic mass is 16.5.